The molecule has 2 aromatic rings. The highest BCUT2D eigenvalue weighted by Crippen LogP contribution is 2.29. The number of carbonyl (C=O) groups is 3. The lowest BCUT2D eigenvalue weighted by atomic mass is 10.2. The summed E-state index contributed by atoms with van der Waals surface area (Å²) < 4.78 is 5.15. The number of anilines is 1. The number of hydrazone groups is 1. The second-order valence-electron chi connectivity index (χ2n) is 5.08. The monoisotopic (exact) mass is 408 g/mol. The number of nitrogens with one attached hydrogen (secondary N) is 2. The van der Waals surface area contributed by atoms with Crippen LogP contribution in [0.3, 0.4) is 0 Å². The molecule has 0 heterocycles. The number of rotatable bonds is 6. The molecule has 0 bridgehead atoms. The maximum atomic E-state index is 11.9. The molecule has 0 aliphatic carbocycles. The number of amides is 3. The lowest BCUT2D eigenvalue weighted by molar-refractivity contribution is -0.136. The summed E-state index contributed by atoms with van der Waals surface area (Å²) >= 11 is 11.8. The van der Waals surface area contributed by atoms with Gasteiger partial charge in [0.05, 0.1) is 21.9 Å². The van der Waals surface area contributed by atoms with Crippen molar-refractivity contribution in [3.05, 3.63) is 58.1 Å². The Morgan fingerprint density at radius 1 is 1.11 bits per heavy atom. The van der Waals surface area contributed by atoms with Gasteiger partial charge in [0.25, 0.3) is 5.91 Å². The van der Waals surface area contributed by atoms with E-state index in [1.807, 2.05) is 0 Å². The normalized spacial score (nSPS) is 10.4. The molecule has 0 unspecified atom stereocenters. The van der Waals surface area contributed by atoms with Gasteiger partial charge in [0.1, 0.15) is 5.75 Å². The largest absolute Gasteiger partial charge is 0.484 e. The maximum absolute atomic E-state index is 11.9. The minimum absolute atomic E-state index is 0.122. The lowest BCUT2D eigenvalue weighted by Gasteiger charge is -2.07. The molecule has 0 spiro atoms. The van der Waals surface area contributed by atoms with Crippen molar-refractivity contribution in [2.45, 2.75) is 0 Å². The number of benzene rings is 2. The SMILES string of the molecule is NC(=O)COc1cccc(/C=N\NC(=O)C(=O)Nc2cccc(Cl)c2Cl)c1. The third-order valence-corrected chi connectivity index (χ3v) is 3.84. The van der Waals surface area contributed by atoms with E-state index < -0.39 is 17.7 Å². The van der Waals surface area contributed by atoms with Crippen LogP contribution in [0.5, 0.6) is 5.75 Å². The van der Waals surface area contributed by atoms with E-state index in [2.05, 4.69) is 15.8 Å². The van der Waals surface area contributed by atoms with Crippen LogP contribution >= 0.6 is 23.2 Å². The van der Waals surface area contributed by atoms with Gasteiger partial charge in [-0.3, -0.25) is 14.4 Å². The van der Waals surface area contributed by atoms with Crippen LogP contribution in [0.15, 0.2) is 47.6 Å². The predicted octanol–water partition coefficient (Wildman–Crippen LogP) is 1.95. The summed E-state index contributed by atoms with van der Waals surface area (Å²) in [6.45, 7) is -0.260. The standard InChI is InChI=1S/C17H14Cl2N4O4/c18-12-5-2-6-13(15(12)19)22-16(25)17(26)23-21-8-10-3-1-4-11(7-10)27-9-14(20)24/h1-8H,9H2,(H2,20,24)(H,22,25)(H,23,26)/b21-8-. The van der Waals surface area contributed by atoms with E-state index in [9.17, 15) is 14.4 Å². The van der Waals surface area contributed by atoms with E-state index in [1.165, 1.54) is 12.3 Å². The fourth-order valence-electron chi connectivity index (χ4n) is 1.83. The van der Waals surface area contributed by atoms with E-state index in [0.717, 1.165) is 0 Å². The lowest BCUT2D eigenvalue weighted by Crippen LogP contribution is -2.32. The molecule has 0 radical (unpaired) electrons. The van der Waals surface area contributed by atoms with E-state index >= 15 is 0 Å². The van der Waals surface area contributed by atoms with E-state index in [4.69, 9.17) is 33.7 Å². The maximum Gasteiger partial charge on any atom is 0.329 e. The quantitative estimate of drug-likeness (QED) is 0.383. The first kappa shape index (κ1) is 20.2. The Morgan fingerprint density at radius 3 is 2.59 bits per heavy atom. The van der Waals surface area contributed by atoms with Gasteiger partial charge in [-0.2, -0.15) is 5.10 Å². The second-order valence-corrected chi connectivity index (χ2v) is 5.87. The Labute approximate surface area is 164 Å². The zero-order valence-electron chi connectivity index (χ0n) is 13.7. The summed E-state index contributed by atoms with van der Waals surface area (Å²) in [6.07, 6.45) is 1.30. The molecule has 140 valence electrons. The van der Waals surface area contributed by atoms with Gasteiger partial charge in [0, 0.05) is 0 Å². The van der Waals surface area contributed by atoms with Crippen molar-refractivity contribution < 1.29 is 19.1 Å². The van der Waals surface area contributed by atoms with Crippen molar-refractivity contribution in [1.82, 2.24) is 5.43 Å². The van der Waals surface area contributed by atoms with Crippen LogP contribution in [0.1, 0.15) is 5.56 Å². The highest BCUT2D eigenvalue weighted by Gasteiger charge is 2.15. The topological polar surface area (TPSA) is 123 Å². The average Bonchev–Trinajstić information content (AvgIpc) is 2.64. The number of primary amides is 1. The van der Waals surface area contributed by atoms with Gasteiger partial charge >= 0.3 is 11.8 Å². The third-order valence-electron chi connectivity index (χ3n) is 3.02. The number of nitrogens with zero attached hydrogens (tertiary/aromatic N) is 1. The van der Waals surface area contributed by atoms with Gasteiger partial charge < -0.3 is 15.8 Å². The molecule has 0 fully saturated rings. The van der Waals surface area contributed by atoms with Crippen molar-refractivity contribution in [3.63, 3.8) is 0 Å². The average molecular weight is 409 g/mol. The smallest absolute Gasteiger partial charge is 0.329 e. The molecule has 0 aliphatic rings. The first-order valence-electron chi connectivity index (χ1n) is 7.46. The predicted molar refractivity (Wildman–Crippen MR) is 102 cm³/mol. The number of hydrogen-bond donors (Lipinski definition) is 3. The first-order valence-corrected chi connectivity index (χ1v) is 8.22. The number of halogens is 2. The molecule has 27 heavy (non-hydrogen) atoms. The Kier molecular flexibility index (Phi) is 7.16. The molecular weight excluding hydrogens is 395 g/mol. The fraction of sp³-hybridized carbons (Fsp3) is 0.0588. The second kappa shape index (κ2) is 9.56. The molecule has 0 saturated heterocycles. The van der Waals surface area contributed by atoms with Crippen LogP contribution in [-0.4, -0.2) is 30.5 Å². The number of hydrogen-bond acceptors (Lipinski definition) is 5. The summed E-state index contributed by atoms with van der Waals surface area (Å²) in [5.41, 5.74) is 7.85. The van der Waals surface area contributed by atoms with Crippen LogP contribution in [-0.2, 0) is 14.4 Å². The van der Waals surface area contributed by atoms with Gasteiger partial charge in [0.15, 0.2) is 6.61 Å². The van der Waals surface area contributed by atoms with E-state index in [0.29, 0.717) is 11.3 Å². The van der Waals surface area contributed by atoms with Crippen molar-refractivity contribution >= 4 is 52.8 Å². The highest BCUT2D eigenvalue weighted by atomic mass is 35.5. The molecule has 2 rings (SSSR count). The van der Waals surface area contributed by atoms with Gasteiger partial charge in [-0.15, -0.1) is 0 Å². The summed E-state index contributed by atoms with van der Waals surface area (Å²) in [5.74, 6) is -2.16. The van der Waals surface area contributed by atoms with Crippen molar-refractivity contribution in [1.29, 1.82) is 0 Å². The zero-order chi connectivity index (χ0) is 19.8. The van der Waals surface area contributed by atoms with Crippen LogP contribution in [0.2, 0.25) is 10.0 Å². The molecular formula is C17H14Cl2N4O4. The number of ether oxygens (including phenoxy) is 1. The summed E-state index contributed by atoms with van der Waals surface area (Å²) in [4.78, 5) is 34.4. The van der Waals surface area contributed by atoms with Gasteiger partial charge in [-0.25, -0.2) is 5.43 Å². The van der Waals surface area contributed by atoms with Crippen LogP contribution in [0.4, 0.5) is 5.69 Å². The first-order chi connectivity index (χ1) is 12.9. The Morgan fingerprint density at radius 2 is 1.85 bits per heavy atom. The molecule has 4 N–H and O–H groups in total. The van der Waals surface area contributed by atoms with E-state index in [1.54, 1.807) is 36.4 Å². The summed E-state index contributed by atoms with van der Waals surface area (Å²) in [7, 11) is 0. The van der Waals surface area contributed by atoms with Crippen LogP contribution in [0.25, 0.3) is 0 Å². The summed E-state index contributed by atoms with van der Waals surface area (Å²) in [5, 5.41) is 6.38. The minimum atomic E-state index is -0.997. The summed E-state index contributed by atoms with van der Waals surface area (Å²) in [6, 6.07) is 11.2. The van der Waals surface area contributed by atoms with Crippen molar-refractivity contribution in [2.24, 2.45) is 10.8 Å². The van der Waals surface area contributed by atoms with Crippen LogP contribution < -0.4 is 21.2 Å². The number of carbonyl (C=O) groups excluding carboxylic acids is 3. The molecule has 0 saturated carbocycles. The van der Waals surface area contributed by atoms with Gasteiger partial charge in [-0.05, 0) is 29.8 Å². The molecule has 2 aromatic carbocycles. The van der Waals surface area contributed by atoms with Gasteiger partial charge in [0.2, 0.25) is 0 Å². The third kappa shape index (κ3) is 6.28. The highest BCUT2D eigenvalue weighted by molar-refractivity contribution is 6.45. The zero-order valence-corrected chi connectivity index (χ0v) is 15.3. The molecule has 0 aliphatic heterocycles. The Bertz CT molecular complexity index is 902. The Hall–Kier alpha value is -3.10. The molecule has 0 aromatic heterocycles. The molecule has 8 nitrogen and oxygen atoms in total. The van der Waals surface area contributed by atoms with Crippen molar-refractivity contribution in [3.8, 4) is 5.75 Å². The van der Waals surface area contributed by atoms with Crippen molar-refractivity contribution in [2.75, 3.05) is 11.9 Å². The van der Waals surface area contributed by atoms with Gasteiger partial charge in [-0.1, -0.05) is 41.4 Å². The molecule has 3 amide bonds. The van der Waals surface area contributed by atoms with Crippen LogP contribution in [0, 0.1) is 0 Å². The number of nitrogens with two attached hydrogens (primary N) is 1. The Balaban J connectivity index is 1.92. The fourth-order valence-corrected chi connectivity index (χ4v) is 2.18. The minimum Gasteiger partial charge on any atom is -0.484 e. The molecule has 10 heteroatoms. The molecule has 0 atom stereocenters. The van der Waals surface area contributed by atoms with E-state index in [-0.39, 0.29) is 22.3 Å².